The minimum absolute atomic E-state index is 0.832. The maximum atomic E-state index is 5.36. The van der Waals surface area contributed by atoms with Crippen molar-refractivity contribution in [3.8, 4) is 17.0 Å². The van der Waals surface area contributed by atoms with Gasteiger partial charge in [-0.3, -0.25) is 0 Å². The van der Waals surface area contributed by atoms with Gasteiger partial charge < -0.3 is 4.74 Å². The molecule has 0 aliphatic rings. The number of nitrogens with zero attached hydrogens (tertiary/aromatic N) is 2. The van der Waals surface area contributed by atoms with Crippen LogP contribution in [0, 0.1) is 6.92 Å². The van der Waals surface area contributed by atoms with Gasteiger partial charge in [-0.2, -0.15) is 10.2 Å². The van der Waals surface area contributed by atoms with Crippen molar-refractivity contribution in [1.29, 1.82) is 0 Å². The van der Waals surface area contributed by atoms with Crippen LogP contribution < -0.4 is 4.74 Å². The first-order valence-corrected chi connectivity index (χ1v) is 4.74. The Morgan fingerprint density at radius 3 is 2.67 bits per heavy atom. The lowest BCUT2D eigenvalue weighted by atomic mass is 10.1. The molecule has 0 aliphatic carbocycles. The van der Waals surface area contributed by atoms with E-state index in [1.165, 1.54) is 0 Å². The van der Waals surface area contributed by atoms with Crippen molar-refractivity contribution in [1.82, 2.24) is 10.2 Å². The lowest BCUT2D eigenvalue weighted by molar-refractivity contribution is 0.413. The highest BCUT2D eigenvalue weighted by Crippen LogP contribution is 2.30. The van der Waals surface area contributed by atoms with Crippen LogP contribution in [0.2, 0.25) is 0 Å². The van der Waals surface area contributed by atoms with E-state index >= 15 is 0 Å². The Labute approximate surface area is 88.7 Å². The smallest absolute Gasteiger partial charge is 0.131 e. The van der Waals surface area contributed by atoms with Crippen molar-refractivity contribution >= 4 is 0 Å². The number of methoxy groups -OCH3 is 1. The molecule has 0 unspecified atom stereocenters. The molecule has 1 aromatic carbocycles. The van der Waals surface area contributed by atoms with E-state index in [1.807, 2.05) is 37.3 Å². The highest BCUT2D eigenvalue weighted by molar-refractivity contribution is 5.68. The first-order chi connectivity index (χ1) is 7.33. The van der Waals surface area contributed by atoms with Crippen LogP contribution in [-0.2, 0) is 0 Å². The van der Waals surface area contributed by atoms with Gasteiger partial charge in [-0.1, -0.05) is 12.1 Å². The summed E-state index contributed by atoms with van der Waals surface area (Å²) in [7, 11) is 1.67. The molecule has 76 valence electrons. The van der Waals surface area contributed by atoms with E-state index in [9.17, 15) is 0 Å². The van der Waals surface area contributed by atoms with Gasteiger partial charge in [-0.25, -0.2) is 0 Å². The number of ether oxygens (including phenoxy) is 1. The number of aromatic nitrogens is 2. The van der Waals surface area contributed by atoms with E-state index in [0.29, 0.717) is 0 Å². The molecule has 3 heteroatoms. The fourth-order valence-corrected chi connectivity index (χ4v) is 1.57. The summed E-state index contributed by atoms with van der Waals surface area (Å²) >= 11 is 0. The summed E-state index contributed by atoms with van der Waals surface area (Å²) < 4.78 is 5.36. The molecule has 1 heterocycles. The molecule has 1 aromatic heterocycles. The van der Waals surface area contributed by atoms with Crippen LogP contribution in [0.3, 0.4) is 0 Å². The summed E-state index contributed by atoms with van der Waals surface area (Å²) in [5, 5.41) is 7.93. The second kappa shape index (κ2) is 4.09. The number of hydrogen-bond acceptors (Lipinski definition) is 3. The fourth-order valence-electron chi connectivity index (χ4n) is 1.57. The minimum Gasteiger partial charge on any atom is -0.496 e. The van der Waals surface area contributed by atoms with Crippen LogP contribution in [0.4, 0.5) is 0 Å². The van der Waals surface area contributed by atoms with Crippen LogP contribution in [0.5, 0.6) is 5.75 Å². The molecule has 15 heavy (non-hydrogen) atoms. The highest BCUT2D eigenvalue weighted by Gasteiger charge is 2.08. The summed E-state index contributed by atoms with van der Waals surface area (Å²) in [5.74, 6) is 0.859. The van der Waals surface area contributed by atoms with Crippen molar-refractivity contribution in [3.63, 3.8) is 0 Å². The van der Waals surface area contributed by atoms with Gasteiger partial charge in [0.15, 0.2) is 0 Å². The second-order valence-corrected chi connectivity index (χ2v) is 3.26. The van der Waals surface area contributed by atoms with E-state index in [1.54, 1.807) is 13.3 Å². The third-order valence-corrected chi connectivity index (χ3v) is 2.26. The van der Waals surface area contributed by atoms with E-state index in [4.69, 9.17) is 4.74 Å². The average Bonchev–Trinajstić information content (AvgIpc) is 2.30. The van der Waals surface area contributed by atoms with Gasteiger partial charge in [0.05, 0.1) is 12.8 Å². The Balaban J connectivity index is 2.58. The van der Waals surface area contributed by atoms with Crippen LogP contribution in [-0.4, -0.2) is 17.3 Å². The molecule has 0 aliphatic heterocycles. The van der Waals surface area contributed by atoms with E-state index in [2.05, 4.69) is 10.2 Å². The first kappa shape index (κ1) is 9.65. The number of benzene rings is 1. The standard InChI is InChI=1S/C12H12N2O/c1-9-5-3-6-10(12(9)15-2)11-7-4-8-13-14-11/h3-8H,1-2H3. The molecule has 0 spiro atoms. The molecule has 0 saturated carbocycles. The van der Waals surface area contributed by atoms with Crippen molar-refractivity contribution in [3.05, 3.63) is 42.1 Å². The molecule has 0 saturated heterocycles. The number of para-hydroxylation sites is 1. The van der Waals surface area contributed by atoms with Gasteiger partial charge in [0.25, 0.3) is 0 Å². The second-order valence-electron chi connectivity index (χ2n) is 3.26. The largest absolute Gasteiger partial charge is 0.496 e. The van der Waals surface area contributed by atoms with Crippen LogP contribution in [0.1, 0.15) is 5.56 Å². The van der Waals surface area contributed by atoms with E-state index in [0.717, 1.165) is 22.6 Å². The Morgan fingerprint density at radius 1 is 1.13 bits per heavy atom. The zero-order valence-corrected chi connectivity index (χ0v) is 8.77. The number of hydrogen-bond donors (Lipinski definition) is 0. The van der Waals surface area contributed by atoms with Crippen molar-refractivity contribution in [2.24, 2.45) is 0 Å². The average molecular weight is 200 g/mol. The molecular formula is C12H12N2O. The molecular weight excluding hydrogens is 188 g/mol. The van der Waals surface area contributed by atoms with Gasteiger partial charge in [0, 0.05) is 11.8 Å². The summed E-state index contributed by atoms with van der Waals surface area (Å²) in [6.07, 6.45) is 1.66. The molecule has 0 radical (unpaired) electrons. The zero-order valence-electron chi connectivity index (χ0n) is 8.77. The Hall–Kier alpha value is -1.90. The van der Waals surface area contributed by atoms with Gasteiger partial charge in [-0.15, -0.1) is 0 Å². The lowest BCUT2D eigenvalue weighted by Crippen LogP contribution is -1.93. The number of aryl methyl sites for hydroxylation is 1. The maximum absolute atomic E-state index is 5.36. The molecule has 2 aromatic rings. The molecule has 0 bridgehead atoms. The van der Waals surface area contributed by atoms with Gasteiger partial charge >= 0.3 is 0 Å². The maximum Gasteiger partial charge on any atom is 0.131 e. The minimum atomic E-state index is 0.832. The van der Waals surface area contributed by atoms with Crippen molar-refractivity contribution in [2.75, 3.05) is 7.11 Å². The topological polar surface area (TPSA) is 35.0 Å². The van der Waals surface area contributed by atoms with Gasteiger partial charge in [0.2, 0.25) is 0 Å². The first-order valence-electron chi connectivity index (χ1n) is 4.74. The molecule has 0 N–H and O–H groups in total. The Morgan fingerprint density at radius 2 is 2.00 bits per heavy atom. The molecule has 0 fully saturated rings. The zero-order chi connectivity index (χ0) is 10.7. The molecule has 3 nitrogen and oxygen atoms in total. The van der Waals surface area contributed by atoms with Gasteiger partial charge in [-0.05, 0) is 30.7 Å². The van der Waals surface area contributed by atoms with Crippen LogP contribution in [0.25, 0.3) is 11.3 Å². The summed E-state index contributed by atoms with van der Waals surface area (Å²) in [6.45, 7) is 2.01. The third kappa shape index (κ3) is 1.81. The Bertz CT molecular complexity index is 454. The van der Waals surface area contributed by atoms with Crippen molar-refractivity contribution < 1.29 is 4.74 Å². The predicted octanol–water partition coefficient (Wildman–Crippen LogP) is 2.46. The van der Waals surface area contributed by atoms with Crippen molar-refractivity contribution in [2.45, 2.75) is 6.92 Å². The van der Waals surface area contributed by atoms with E-state index < -0.39 is 0 Å². The summed E-state index contributed by atoms with van der Waals surface area (Å²) in [5.41, 5.74) is 2.91. The highest BCUT2D eigenvalue weighted by atomic mass is 16.5. The molecule has 0 atom stereocenters. The quantitative estimate of drug-likeness (QED) is 0.747. The van der Waals surface area contributed by atoms with E-state index in [-0.39, 0.29) is 0 Å². The fraction of sp³-hybridized carbons (Fsp3) is 0.167. The van der Waals surface area contributed by atoms with Crippen LogP contribution in [0.15, 0.2) is 36.5 Å². The summed E-state index contributed by atoms with van der Waals surface area (Å²) in [4.78, 5) is 0. The molecule has 0 amide bonds. The molecule has 2 rings (SSSR count). The van der Waals surface area contributed by atoms with Crippen LogP contribution >= 0.6 is 0 Å². The third-order valence-electron chi connectivity index (χ3n) is 2.26. The Kier molecular flexibility index (Phi) is 2.63. The monoisotopic (exact) mass is 200 g/mol. The van der Waals surface area contributed by atoms with Gasteiger partial charge in [0.1, 0.15) is 5.75 Å². The number of rotatable bonds is 2. The SMILES string of the molecule is COc1c(C)cccc1-c1cccnn1. The lowest BCUT2D eigenvalue weighted by Gasteiger charge is -2.09. The normalized spacial score (nSPS) is 10.0. The predicted molar refractivity (Wildman–Crippen MR) is 58.8 cm³/mol. The summed E-state index contributed by atoms with van der Waals surface area (Å²) in [6, 6.07) is 9.77.